The normalized spacial score (nSPS) is 20.4. The van der Waals surface area contributed by atoms with E-state index in [1.165, 1.54) is 7.11 Å². The number of likely N-dealkylation sites (tertiary alicyclic amines) is 1. The highest BCUT2D eigenvalue weighted by atomic mass is 16.5. The van der Waals surface area contributed by atoms with Gasteiger partial charge in [0.2, 0.25) is 11.8 Å². The van der Waals surface area contributed by atoms with Crippen molar-refractivity contribution in [2.45, 2.75) is 26.2 Å². The van der Waals surface area contributed by atoms with Gasteiger partial charge in [0.05, 0.1) is 31.1 Å². The third kappa shape index (κ3) is 4.64. The van der Waals surface area contributed by atoms with Crippen molar-refractivity contribution in [2.24, 2.45) is 11.8 Å². The fraction of sp³-hybridized carbons (Fsp3) is 0.429. The number of aryl methyl sites for hydroxylation is 1. The topological polar surface area (TPSA) is 102 Å². The van der Waals surface area contributed by atoms with Crippen molar-refractivity contribution in [1.82, 2.24) is 4.90 Å². The molecule has 8 heteroatoms. The second kappa shape index (κ2) is 8.89. The number of fused-ring (bicyclic) bond motifs is 1. The van der Waals surface area contributed by atoms with Crippen LogP contribution in [0.5, 0.6) is 5.75 Å². The Bertz CT molecular complexity index is 837. The highest BCUT2D eigenvalue weighted by Crippen LogP contribution is 2.35. The first-order valence-corrected chi connectivity index (χ1v) is 9.51. The molecule has 1 saturated heterocycles. The number of rotatable bonds is 7. The summed E-state index contributed by atoms with van der Waals surface area (Å²) in [5.41, 5.74) is 1.42. The Balaban J connectivity index is 1.46. The van der Waals surface area contributed by atoms with Crippen LogP contribution in [0.15, 0.2) is 30.4 Å². The number of hydrogen-bond donors (Lipinski definition) is 1. The van der Waals surface area contributed by atoms with Gasteiger partial charge in [-0.3, -0.25) is 24.1 Å². The molecule has 154 valence electrons. The Hall–Kier alpha value is -3.16. The van der Waals surface area contributed by atoms with E-state index >= 15 is 0 Å². The third-order valence-electron chi connectivity index (χ3n) is 5.13. The summed E-state index contributed by atoms with van der Waals surface area (Å²) in [6, 6.07) is 5.33. The summed E-state index contributed by atoms with van der Waals surface area (Å²) in [4.78, 5) is 49.9. The minimum Gasteiger partial charge on any atom is -0.495 e. The third-order valence-corrected chi connectivity index (χ3v) is 5.13. The van der Waals surface area contributed by atoms with Gasteiger partial charge in [-0.1, -0.05) is 18.2 Å². The van der Waals surface area contributed by atoms with Crippen molar-refractivity contribution >= 4 is 29.4 Å². The summed E-state index contributed by atoms with van der Waals surface area (Å²) in [6.45, 7) is 1.38. The molecule has 0 unspecified atom stereocenters. The highest BCUT2D eigenvalue weighted by molar-refractivity contribution is 6.05. The van der Waals surface area contributed by atoms with Crippen molar-refractivity contribution in [3.05, 3.63) is 35.9 Å². The Morgan fingerprint density at radius 3 is 2.41 bits per heavy atom. The van der Waals surface area contributed by atoms with Crippen LogP contribution < -0.4 is 10.1 Å². The number of carbonyl (C=O) groups is 4. The number of amides is 3. The minimum atomic E-state index is -0.648. The maximum absolute atomic E-state index is 12.4. The lowest BCUT2D eigenvalue weighted by Gasteiger charge is -2.14. The summed E-state index contributed by atoms with van der Waals surface area (Å²) < 4.78 is 10.2. The number of nitrogens with zero attached hydrogens (tertiary/aromatic N) is 1. The highest BCUT2D eigenvalue weighted by Gasteiger charge is 2.46. The van der Waals surface area contributed by atoms with Crippen molar-refractivity contribution < 1.29 is 28.7 Å². The lowest BCUT2D eigenvalue weighted by Crippen LogP contribution is -2.33. The zero-order valence-electron chi connectivity index (χ0n) is 16.5. The van der Waals surface area contributed by atoms with Crippen LogP contribution in [0.25, 0.3) is 0 Å². The number of ether oxygens (including phenoxy) is 2. The molecule has 0 aromatic heterocycles. The Morgan fingerprint density at radius 1 is 1.14 bits per heavy atom. The number of benzene rings is 1. The van der Waals surface area contributed by atoms with Gasteiger partial charge in [0.1, 0.15) is 5.75 Å². The van der Waals surface area contributed by atoms with Crippen molar-refractivity contribution in [3.8, 4) is 5.75 Å². The summed E-state index contributed by atoms with van der Waals surface area (Å²) >= 11 is 0. The van der Waals surface area contributed by atoms with Gasteiger partial charge in [0.25, 0.3) is 5.91 Å². The molecule has 1 N–H and O–H groups in total. The molecule has 0 bridgehead atoms. The number of anilines is 1. The number of carbonyl (C=O) groups excluding carboxylic acids is 4. The number of hydrogen-bond acceptors (Lipinski definition) is 6. The van der Waals surface area contributed by atoms with Crippen molar-refractivity contribution in [1.29, 1.82) is 0 Å². The molecule has 0 radical (unpaired) electrons. The van der Waals surface area contributed by atoms with E-state index in [0.29, 0.717) is 24.3 Å². The molecular formula is C21H24N2O6. The molecule has 0 saturated carbocycles. The lowest BCUT2D eigenvalue weighted by atomic mass is 9.85. The SMILES string of the molecule is COc1ccc(C)cc1NC(=O)COC(=O)CCN1C(=O)[C@@H]2CC=CC[C@H]2C1=O. The van der Waals surface area contributed by atoms with Gasteiger partial charge in [0, 0.05) is 6.54 Å². The average Bonchev–Trinajstić information content (AvgIpc) is 2.95. The summed E-state index contributed by atoms with van der Waals surface area (Å²) in [6.07, 6.45) is 4.78. The molecular weight excluding hydrogens is 376 g/mol. The number of methoxy groups -OCH3 is 1. The van der Waals surface area contributed by atoms with Gasteiger partial charge in [-0.15, -0.1) is 0 Å². The van der Waals surface area contributed by atoms with Crippen LogP contribution in [-0.4, -0.2) is 48.9 Å². The average molecular weight is 400 g/mol. The first kappa shape index (κ1) is 20.6. The van der Waals surface area contributed by atoms with Crippen molar-refractivity contribution in [2.75, 3.05) is 25.6 Å². The fourth-order valence-corrected chi connectivity index (χ4v) is 3.62. The van der Waals surface area contributed by atoms with Gasteiger partial charge in [-0.05, 0) is 37.5 Å². The lowest BCUT2D eigenvalue weighted by molar-refractivity contribution is -0.148. The maximum atomic E-state index is 12.4. The number of nitrogens with one attached hydrogen (secondary N) is 1. The van der Waals surface area contributed by atoms with Crippen molar-refractivity contribution in [3.63, 3.8) is 0 Å². The van der Waals surface area contributed by atoms with Gasteiger partial charge >= 0.3 is 5.97 Å². The van der Waals surface area contributed by atoms with Crippen LogP contribution in [-0.2, 0) is 23.9 Å². The number of allylic oxidation sites excluding steroid dienone is 2. The van der Waals surface area contributed by atoms with Gasteiger partial charge in [-0.25, -0.2) is 0 Å². The Morgan fingerprint density at radius 2 is 1.79 bits per heavy atom. The number of esters is 1. The Labute approximate surface area is 168 Å². The van der Waals surface area contributed by atoms with Crippen LogP contribution in [0.3, 0.4) is 0 Å². The standard InChI is InChI=1S/C21H24N2O6/c1-13-7-8-17(28-2)16(11-13)22-18(24)12-29-19(25)9-10-23-20(26)14-5-3-4-6-15(14)21(23)27/h3-4,7-8,11,14-15H,5-6,9-10,12H2,1-2H3,(H,22,24)/t14-,15-/m1/s1. The quantitative estimate of drug-likeness (QED) is 0.426. The molecule has 1 aromatic carbocycles. The van der Waals surface area contributed by atoms with Crippen LogP contribution in [0.1, 0.15) is 24.8 Å². The fourth-order valence-electron chi connectivity index (χ4n) is 3.62. The van der Waals surface area contributed by atoms with Gasteiger partial charge < -0.3 is 14.8 Å². The molecule has 1 heterocycles. The second-order valence-corrected chi connectivity index (χ2v) is 7.15. The van der Waals surface area contributed by atoms with E-state index in [2.05, 4.69) is 5.32 Å². The maximum Gasteiger partial charge on any atom is 0.308 e. The predicted molar refractivity (Wildman–Crippen MR) is 104 cm³/mol. The molecule has 0 spiro atoms. The van der Waals surface area contributed by atoms with E-state index in [1.54, 1.807) is 12.1 Å². The Kier molecular flexibility index (Phi) is 6.31. The van der Waals surface area contributed by atoms with E-state index in [-0.39, 0.29) is 36.6 Å². The molecule has 1 aliphatic carbocycles. The molecule has 1 aromatic rings. The largest absolute Gasteiger partial charge is 0.495 e. The summed E-state index contributed by atoms with van der Waals surface area (Å²) in [5, 5.41) is 2.64. The van der Waals surface area contributed by atoms with Crippen LogP contribution in [0.2, 0.25) is 0 Å². The number of imide groups is 1. The molecule has 29 heavy (non-hydrogen) atoms. The first-order chi connectivity index (χ1) is 13.9. The molecule has 8 nitrogen and oxygen atoms in total. The monoisotopic (exact) mass is 400 g/mol. The smallest absolute Gasteiger partial charge is 0.308 e. The van der Waals surface area contributed by atoms with E-state index in [4.69, 9.17) is 9.47 Å². The molecule has 3 rings (SSSR count). The van der Waals surface area contributed by atoms with Gasteiger partial charge in [-0.2, -0.15) is 0 Å². The zero-order valence-corrected chi connectivity index (χ0v) is 16.5. The minimum absolute atomic E-state index is 0.0309. The van der Waals surface area contributed by atoms with Crippen LogP contribution in [0, 0.1) is 18.8 Å². The van der Waals surface area contributed by atoms with E-state index < -0.39 is 18.5 Å². The molecule has 1 fully saturated rings. The van der Waals surface area contributed by atoms with E-state index in [1.807, 2.05) is 25.1 Å². The van der Waals surface area contributed by atoms with Crippen LogP contribution >= 0.6 is 0 Å². The zero-order chi connectivity index (χ0) is 21.0. The molecule has 2 atom stereocenters. The molecule has 2 aliphatic rings. The van der Waals surface area contributed by atoms with Crippen LogP contribution in [0.4, 0.5) is 5.69 Å². The van der Waals surface area contributed by atoms with E-state index in [9.17, 15) is 19.2 Å². The summed E-state index contributed by atoms with van der Waals surface area (Å²) in [5.74, 6) is -1.77. The summed E-state index contributed by atoms with van der Waals surface area (Å²) in [7, 11) is 1.49. The van der Waals surface area contributed by atoms with E-state index in [0.717, 1.165) is 10.5 Å². The molecule has 3 amide bonds. The van der Waals surface area contributed by atoms with Gasteiger partial charge in [0.15, 0.2) is 6.61 Å². The second-order valence-electron chi connectivity index (χ2n) is 7.15. The molecule has 1 aliphatic heterocycles. The first-order valence-electron chi connectivity index (χ1n) is 9.51. The predicted octanol–water partition coefficient (Wildman–Crippen LogP) is 1.83.